The molecule has 1 aliphatic heterocycles. The number of aromatic nitrogens is 2. The molecule has 1 aliphatic rings. The fourth-order valence-electron chi connectivity index (χ4n) is 3.15. The molecule has 2 amide bonds. The summed E-state index contributed by atoms with van der Waals surface area (Å²) in [4.78, 5) is 22.1. The van der Waals surface area contributed by atoms with Gasteiger partial charge in [-0.25, -0.2) is 14.8 Å². The zero-order chi connectivity index (χ0) is 16.4. The van der Waals surface area contributed by atoms with Gasteiger partial charge in [-0.05, 0) is 55.9 Å². The maximum atomic E-state index is 10.8. The number of anilines is 1. The first-order valence-electron chi connectivity index (χ1n) is 8.05. The van der Waals surface area contributed by atoms with Gasteiger partial charge in [-0.1, -0.05) is 0 Å². The molecule has 6 heteroatoms. The van der Waals surface area contributed by atoms with E-state index in [2.05, 4.69) is 46.2 Å². The molecule has 0 radical (unpaired) electrons. The number of piperidine rings is 1. The SMILES string of the molecule is Cc1cc2ncnc(N3CCC(CNC(N)=O)CC3)c2cc1C. The van der Waals surface area contributed by atoms with Crippen LogP contribution in [-0.4, -0.2) is 35.6 Å². The maximum absolute atomic E-state index is 10.8. The topological polar surface area (TPSA) is 84.1 Å². The Labute approximate surface area is 136 Å². The van der Waals surface area contributed by atoms with Crippen molar-refractivity contribution in [3.63, 3.8) is 0 Å². The predicted molar refractivity (Wildman–Crippen MR) is 91.5 cm³/mol. The van der Waals surface area contributed by atoms with Crippen molar-refractivity contribution < 1.29 is 4.79 Å². The van der Waals surface area contributed by atoms with E-state index in [4.69, 9.17) is 5.73 Å². The molecule has 0 aliphatic carbocycles. The van der Waals surface area contributed by atoms with E-state index in [-0.39, 0.29) is 0 Å². The van der Waals surface area contributed by atoms with E-state index in [1.165, 1.54) is 11.1 Å². The Balaban J connectivity index is 1.77. The van der Waals surface area contributed by atoms with E-state index in [1.807, 2.05) is 0 Å². The van der Waals surface area contributed by atoms with E-state index < -0.39 is 6.03 Å². The second-order valence-electron chi connectivity index (χ2n) is 6.33. The molecule has 0 atom stereocenters. The minimum absolute atomic E-state index is 0.444. The summed E-state index contributed by atoms with van der Waals surface area (Å²) in [7, 11) is 0. The van der Waals surface area contributed by atoms with Gasteiger partial charge in [0.1, 0.15) is 12.1 Å². The van der Waals surface area contributed by atoms with Crippen LogP contribution in [0.1, 0.15) is 24.0 Å². The third-order valence-corrected chi connectivity index (χ3v) is 4.71. The zero-order valence-corrected chi connectivity index (χ0v) is 13.7. The number of carbonyl (C=O) groups excluding carboxylic acids is 1. The average molecular weight is 313 g/mol. The minimum Gasteiger partial charge on any atom is -0.356 e. The lowest BCUT2D eigenvalue weighted by atomic mass is 9.96. The predicted octanol–water partition coefficient (Wildman–Crippen LogP) is 2.13. The van der Waals surface area contributed by atoms with Crippen molar-refractivity contribution in [2.24, 2.45) is 11.7 Å². The first kappa shape index (κ1) is 15.5. The summed E-state index contributed by atoms with van der Waals surface area (Å²) in [5.41, 5.74) is 8.64. The lowest BCUT2D eigenvalue weighted by Gasteiger charge is -2.33. The molecule has 1 aromatic carbocycles. The van der Waals surface area contributed by atoms with Crippen LogP contribution in [0.15, 0.2) is 18.5 Å². The van der Waals surface area contributed by atoms with Crippen LogP contribution in [0.4, 0.5) is 10.6 Å². The van der Waals surface area contributed by atoms with Crippen LogP contribution in [0.25, 0.3) is 10.9 Å². The highest BCUT2D eigenvalue weighted by Crippen LogP contribution is 2.28. The summed E-state index contributed by atoms with van der Waals surface area (Å²) in [6, 6.07) is 3.86. The van der Waals surface area contributed by atoms with Crippen molar-refractivity contribution in [3.8, 4) is 0 Å². The molecule has 0 spiro atoms. The largest absolute Gasteiger partial charge is 0.356 e. The number of primary amides is 1. The van der Waals surface area contributed by atoms with Crippen molar-refractivity contribution in [1.82, 2.24) is 15.3 Å². The van der Waals surface area contributed by atoms with Crippen LogP contribution in [-0.2, 0) is 0 Å². The third-order valence-electron chi connectivity index (χ3n) is 4.71. The molecule has 3 rings (SSSR count). The Morgan fingerprint density at radius 1 is 1.26 bits per heavy atom. The average Bonchev–Trinajstić information content (AvgIpc) is 2.54. The zero-order valence-electron chi connectivity index (χ0n) is 13.7. The molecule has 0 unspecified atom stereocenters. The van der Waals surface area contributed by atoms with E-state index in [9.17, 15) is 4.79 Å². The van der Waals surface area contributed by atoms with E-state index in [0.717, 1.165) is 42.7 Å². The van der Waals surface area contributed by atoms with Gasteiger partial charge in [0.05, 0.1) is 5.52 Å². The van der Waals surface area contributed by atoms with Crippen molar-refractivity contribution in [1.29, 1.82) is 0 Å². The summed E-state index contributed by atoms with van der Waals surface area (Å²) < 4.78 is 0. The Morgan fingerprint density at radius 3 is 2.65 bits per heavy atom. The Bertz CT molecular complexity index is 722. The number of nitrogens with two attached hydrogens (primary N) is 1. The molecule has 3 N–H and O–H groups in total. The van der Waals surface area contributed by atoms with Crippen molar-refractivity contribution in [2.75, 3.05) is 24.5 Å². The van der Waals surface area contributed by atoms with Gasteiger partial charge in [0.2, 0.25) is 0 Å². The number of hydrogen-bond donors (Lipinski definition) is 2. The number of hydrogen-bond acceptors (Lipinski definition) is 4. The van der Waals surface area contributed by atoms with Crippen LogP contribution in [0, 0.1) is 19.8 Å². The molecule has 122 valence electrons. The number of aryl methyl sites for hydroxylation is 2. The Kier molecular flexibility index (Phi) is 4.32. The number of rotatable bonds is 3. The molecule has 0 saturated carbocycles. The number of carbonyl (C=O) groups is 1. The fraction of sp³-hybridized carbons (Fsp3) is 0.471. The molecule has 2 aromatic rings. The lowest BCUT2D eigenvalue weighted by molar-refractivity contribution is 0.245. The monoisotopic (exact) mass is 313 g/mol. The van der Waals surface area contributed by atoms with Crippen LogP contribution in [0.3, 0.4) is 0 Å². The van der Waals surface area contributed by atoms with E-state index in [1.54, 1.807) is 6.33 Å². The molecule has 2 heterocycles. The quantitative estimate of drug-likeness (QED) is 0.909. The number of fused-ring (bicyclic) bond motifs is 1. The highest BCUT2D eigenvalue weighted by atomic mass is 16.2. The maximum Gasteiger partial charge on any atom is 0.312 e. The van der Waals surface area contributed by atoms with E-state index >= 15 is 0 Å². The van der Waals surface area contributed by atoms with Gasteiger partial charge in [0, 0.05) is 25.0 Å². The highest BCUT2D eigenvalue weighted by Gasteiger charge is 2.22. The van der Waals surface area contributed by atoms with Crippen LogP contribution < -0.4 is 16.0 Å². The molecule has 1 saturated heterocycles. The van der Waals surface area contributed by atoms with Crippen LogP contribution in [0.5, 0.6) is 0 Å². The van der Waals surface area contributed by atoms with Crippen molar-refractivity contribution in [2.45, 2.75) is 26.7 Å². The van der Waals surface area contributed by atoms with Gasteiger partial charge < -0.3 is 16.0 Å². The number of benzene rings is 1. The molecule has 1 aromatic heterocycles. The number of urea groups is 1. The Morgan fingerprint density at radius 2 is 1.96 bits per heavy atom. The summed E-state index contributed by atoms with van der Waals surface area (Å²) in [5, 5.41) is 3.82. The van der Waals surface area contributed by atoms with Gasteiger partial charge in [-0.3, -0.25) is 0 Å². The normalized spacial score (nSPS) is 15.8. The molecular weight excluding hydrogens is 290 g/mol. The molecular formula is C17H23N5O. The number of nitrogens with zero attached hydrogens (tertiary/aromatic N) is 3. The first-order valence-corrected chi connectivity index (χ1v) is 8.05. The Hall–Kier alpha value is -2.37. The van der Waals surface area contributed by atoms with Crippen molar-refractivity contribution >= 4 is 22.8 Å². The van der Waals surface area contributed by atoms with Gasteiger partial charge in [-0.15, -0.1) is 0 Å². The molecule has 0 bridgehead atoms. The standard InChI is InChI=1S/C17H23N5O/c1-11-7-14-15(8-12(11)2)20-10-21-16(14)22-5-3-13(4-6-22)9-19-17(18)23/h7-8,10,13H,3-6,9H2,1-2H3,(H3,18,19,23). The molecule has 1 fully saturated rings. The smallest absolute Gasteiger partial charge is 0.312 e. The number of amides is 2. The number of nitrogens with one attached hydrogen (secondary N) is 1. The fourth-order valence-corrected chi connectivity index (χ4v) is 3.15. The van der Waals surface area contributed by atoms with Crippen LogP contribution in [0.2, 0.25) is 0 Å². The lowest BCUT2D eigenvalue weighted by Crippen LogP contribution is -2.40. The minimum atomic E-state index is -0.444. The highest BCUT2D eigenvalue weighted by molar-refractivity contribution is 5.90. The third kappa shape index (κ3) is 3.36. The summed E-state index contributed by atoms with van der Waals surface area (Å²) in [6.07, 6.45) is 3.69. The summed E-state index contributed by atoms with van der Waals surface area (Å²) in [5.74, 6) is 1.50. The molecule has 6 nitrogen and oxygen atoms in total. The summed E-state index contributed by atoms with van der Waals surface area (Å²) in [6.45, 7) is 6.75. The van der Waals surface area contributed by atoms with Gasteiger partial charge in [0.25, 0.3) is 0 Å². The first-order chi connectivity index (χ1) is 11.0. The van der Waals surface area contributed by atoms with Gasteiger partial charge in [0.15, 0.2) is 0 Å². The van der Waals surface area contributed by atoms with Gasteiger partial charge in [-0.2, -0.15) is 0 Å². The van der Waals surface area contributed by atoms with E-state index in [0.29, 0.717) is 12.5 Å². The second-order valence-corrected chi connectivity index (χ2v) is 6.33. The van der Waals surface area contributed by atoms with Gasteiger partial charge >= 0.3 is 6.03 Å². The van der Waals surface area contributed by atoms with Crippen molar-refractivity contribution in [3.05, 3.63) is 29.6 Å². The summed E-state index contributed by atoms with van der Waals surface area (Å²) >= 11 is 0. The molecule has 23 heavy (non-hydrogen) atoms. The van der Waals surface area contributed by atoms with Crippen LogP contribution >= 0.6 is 0 Å². The second kappa shape index (κ2) is 6.40.